The van der Waals surface area contributed by atoms with Gasteiger partial charge in [0.2, 0.25) is 0 Å². The standard InChI is InChI=1S/C14H13N3O4S/c18-17(19)13-6-1-2-7-14(13)22(20,21)16-12-5-3-4-11-10(12)8-9-15-11/h1-7,15-16H,8-9H2. The van der Waals surface area contributed by atoms with E-state index in [-0.39, 0.29) is 4.90 Å². The Balaban J connectivity index is 2.03. The molecule has 0 unspecified atom stereocenters. The number of sulfonamides is 1. The molecule has 0 atom stereocenters. The lowest BCUT2D eigenvalue weighted by molar-refractivity contribution is -0.387. The van der Waals surface area contributed by atoms with E-state index in [1.54, 1.807) is 12.1 Å². The highest BCUT2D eigenvalue weighted by Gasteiger charge is 2.26. The van der Waals surface area contributed by atoms with Gasteiger partial charge in [-0.15, -0.1) is 0 Å². The zero-order chi connectivity index (χ0) is 15.7. The highest BCUT2D eigenvalue weighted by Crippen LogP contribution is 2.32. The quantitative estimate of drug-likeness (QED) is 0.665. The number of nitro benzene ring substituents is 1. The number of hydrogen-bond acceptors (Lipinski definition) is 5. The number of nitrogens with zero attached hydrogens (tertiary/aromatic N) is 1. The topological polar surface area (TPSA) is 101 Å². The number of benzene rings is 2. The molecule has 0 aromatic heterocycles. The van der Waals surface area contributed by atoms with E-state index in [2.05, 4.69) is 10.0 Å². The van der Waals surface area contributed by atoms with Crippen LogP contribution in [0.4, 0.5) is 17.1 Å². The molecule has 0 radical (unpaired) electrons. The van der Waals surface area contributed by atoms with Gasteiger partial charge < -0.3 is 5.32 Å². The first-order chi connectivity index (χ1) is 10.5. The third kappa shape index (κ3) is 2.48. The summed E-state index contributed by atoms with van der Waals surface area (Å²) in [5.41, 5.74) is 1.74. The number of nitrogens with one attached hydrogen (secondary N) is 2. The van der Waals surface area contributed by atoms with Crippen molar-refractivity contribution in [3.63, 3.8) is 0 Å². The Morgan fingerprint density at radius 1 is 1.14 bits per heavy atom. The number of para-hydroxylation sites is 1. The van der Waals surface area contributed by atoms with Gasteiger partial charge in [-0.2, -0.15) is 0 Å². The van der Waals surface area contributed by atoms with E-state index in [1.165, 1.54) is 24.3 Å². The Morgan fingerprint density at radius 3 is 2.68 bits per heavy atom. The molecule has 2 aromatic carbocycles. The predicted molar refractivity (Wildman–Crippen MR) is 82.5 cm³/mol. The van der Waals surface area contributed by atoms with Gasteiger partial charge in [-0.3, -0.25) is 14.8 Å². The van der Waals surface area contributed by atoms with Gasteiger partial charge in [0.25, 0.3) is 15.7 Å². The molecule has 1 heterocycles. The van der Waals surface area contributed by atoms with E-state index >= 15 is 0 Å². The molecule has 1 aliphatic rings. The van der Waals surface area contributed by atoms with Crippen LogP contribution in [0.3, 0.4) is 0 Å². The molecule has 22 heavy (non-hydrogen) atoms. The van der Waals surface area contributed by atoms with Crippen molar-refractivity contribution in [3.05, 3.63) is 58.1 Å². The van der Waals surface area contributed by atoms with E-state index in [9.17, 15) is 18.5 Å². The van der Waals surface area contributed by atoms with Gasteiger partial charge in [0, 0.05) is 23.9 Å². The van der Waals surface area contributed by atoms with Crippen LogP contribution >= 0.6 is 0 Å². The number of fused-ring (bicyclic) bond motifs is 1. The van der Waals surface area contributed by atoms with Crippen LogP contribution in [0.2, 0.25) is 0 Å². The minimum atomic E-state index is -4.03. The number of nitro groups is 1. The van der Waals surface area contributed by atoms with Crippen LogP contribution in [-0.4, -0.2) is 19.9 Å². The van der Waals surface area contributed by atoms with Crippen LogP contribution < -0.4 is 10.0 Å². The highest BCUT2D eigenvalue weighted by molar-refractivity contribution is 7.92. The molecule has 0 saturated carbocycles. The van der Waals surface area contributed by atoms with Crippen LogP contribution in [-0.2, 0) is 16.4 Å². The monoisotopic (exact) mass is 319 g/mol. The number of anilines is 2. The zero-order valence-electron chi connectivity index (χ0n) is 11.4. The molecule has 8 heteroatoms. The maximum atomic E-state index is 12.5. The minimum absolute atomic E-state index is 0.344. The second kappa shape index (κ2) is 5.30. The first-order valence-electron chi connectivity index (χ1n) is 6.61. The van der Waals surface area contributed by atoms with Gasteiger partial charge in [0.05, 0.1) is 10.6 Å². The van der Waals surface area contributed by atoms with Crippen LogP contribution in [0.5, 0.6) is 0 Å². The second-order valence-corrected chi connectivity index (χ2v) is 6.49. The second-order valence-electron chi connectivity index (χ2n) is 4.84. The Bertz CT molecular complexity index is 849. The molecule has 7 nitrogen and oxygen atoms in total. The summed E-state index contributed by atoms with van der Waals surface area (Å²) in [7, 11) is -4.03. The van der Waals surface area contributed by atoms with Crippen molar-refractivity contribution in [2.24, 2.45) is 0 Å². The Morgan fingerprint density at radius 2 is 1.91 bits per heavy atom. The van der Waals surface area contributed by atoms with Gasteiger partial charge in [0.1, 0.15) is 0 Å². The Labute approximate surface area is 127 Å². The maximum absolute atomic E-state index is 12.5. The van der Waals surface area contributed by atoms with Crippen LogP contribution in [0.15, 0.2) is 47.4 Å². The van der Waals surface area contributed by atoms with Crippen LogP contribution in [0, 0.1) is 10.1 Å². The van der Waals surface area contributed by atoms with Crippen molar-refractivity contribution < 1.29 is 13.3 Å². The number of hydrogen-bond donors (Lipinski definition) is 2. The fourth-order valence-electron chi connectivity index (χ4n) is 2.47. The number of rotatable bonds is 4. The van der Waals surface area contributed by atoms with E-state index < -0.39 is 20.6 Å². The fraction of sp³-hybridized carbons (Fsp3) is 0.143. The molecule has 0 bridgehead atoms. The summed E-state index contributed by atoms with van der Waals surface area (Å²) in [6.45, 7) is 0.736. The predicted octanol–water partition coefficient (Wildman–Crippen LogP) is 2.36. The average Bonchev–Trinajstić information content (AvgIpc) is 2.96. The van der Waals surface area contributed by atoms with E-state index in [0.717, 1.165) is 17.8 Å². The molecule has 2 N–H and O–H groups in total. The molecule has 0 spiro atoms. The molecule has 0 aliphatic carbocycles. The molecule has 2 aromatic rings. The van der Waals surface area contributed by atoms with Crippen molar-refractivity contribution >= 4 is 27.1 Å². The van der Waals surface area contributed by atoms with Crippen LogP contribution in [0.25, 0.3) is 0 Å². The van der Waals surface area contributed by atoms with Crippen LogP contribution in [0.1, 0.15) is 5.56 Å². The average molecular weight is 319 g/mol. The van der Waals surface area contributed by atoms with Crippen molar-refractivity contribution in [3.8, 4) is 0 Å². The summed E-state index contributed by atoms with van der Waals surface area (Å²) in [5, 5.41) is 14.2. The normalized spacial score (nSPS) is 13.3. The molecular weight excluding hydrogens is 306 g/mol. The SMILES string of the molecule is O=[N+]([O-])c1ccccc1S(=O)(=O)Nc1cccc2c1CCN2. The van der Waals surface area contributed by atoms with Gasteiger partial charge >= 0.3 is 0 Å². The summed E-state index contributed by atoms with van der Waals surface area (Å²) >= 11 is 0. The zero-order valence-corrected chi connectivity index (χ0v) is 12.3. The molecule has 1 aliphatic heterocycles. The molecule has 0 saturated heterocycles. The largest absolute Gasteiger partial charge is 0.384 e. The smallest absolute Gasteiger partial charge is 0.289 e. The van der Waals surface area contributed by atoms with E-state index in [4.69, 9.17) is 0 Å². The third-order valence-electron chi connectivity index (χ3n) is 3.46. The summed E-state index contributed by atoms with van der Waals surface area (Å²) in [5.74, 6) is 0. The van der Waals surface area contributed by atoms with Crippen molar-refractivity contribution in [2.45, 2.75) is 11.3 Å². The molecule has 0 amide bonds. The van der Waals surface area contributed by atoms with Crippen molar-refractivity contribution in [1.82, 2.24) is 0 Å². The lowest BCUT2D eigenvalue weighted by atomic mass is 10.1. The molecule has 114 valence electrons. The fourth-order valence-corrected chi connectivity index (χ4v) is 3.74. The Kier molecular flexibility index (Phi) is 3.45. The summed E-state index contributed by atoms with van der Waals surface area (Å²) in [6, 6.07) is 10.5. The lowest BCUT2D eigenvalue weighted by Gasteiger charge is -2.11. The van der Waals surface area contributed by atoms with E-state index in [1.807, 2.05) is 6.07 Å². The van der Waals surface area contributed by atoms with Gasteiger partial charge in [-0.1, -0.05) is 18.2 Å². The van der Waals surface area contributed by atoms with Crippen molar-refractivity contribution in [2.75, 3.05) is 16.6 Å². The first kappa shape index (κ1) is 14.3. The summed E-state index contributed by atoms with van der Waals surface area (Å²) < 4.78 is 27.4. The highest BCUT2D eigenvalue weighted by atomic mass is 32.2. The third-order valence-corrected chi connectivity index (χ3v) is 4.88. The van der Waals surface area contributed by atoms with Gasteiger partial charge in [-0.25, -0.2) is 8.42 Å². The maximum Gasteiger partial charge on any atom is 0.289 e. The summed E-state index contributed by atoms with van der Waals surface area (Å²) in [6.07, 6.45) is 0.699. The van der Waals surface area contributed by atoms with E-state index in [0.29, 0.717) is 12.1 Å². The molecule has 0 fully saturated rings. The van der Waals surface area contributed by atoms with Gasteiger partial charge in [0.15, 0.2) is 4.90 Å². The summed E-state index contributed by atoms with van der Waals surface area (Å²) in [4.78, 5) is 9.96. The molecular formula is C14H13N3O4S. The molecule has 3 rings (SSSR count). The lowest BCUT2D eigenvalue weighted by Crippen LogP contribution is -2.15. The van der Waals surface area contributed by atoms with Crippen molar-refractivity contribution in [1.29, 1.82) is 0 Å². The Hall–Kier alpha value is -2.61. The minimum Gasteiger partial charge on any atom is -0.384 e. The van der Waals surface area contributed by atoms with Gasteiger partial charge in [-0.05, 0) is 24.6 Å². The first-order valence-corrected chi connectivity index (χ1v) is 8.09.